The molecule has 0 saturated heterocycles. The van der Waals surface area contributed by atoms with Crippen molar-refractivity contribution in [3.8, 4) is 5.75 Å². The molecule has 2 nitrogen and oxygen atoms in total. The first-order valence-corrected chi connectivity index (χ1v) is 5.03. The van der Waals surface area contributed by atoms with Crippen molar-refractivity contribution in [3.05, 3.63) is 27.2 Å². The van der Waals surface area contributed by atoms with Crippen molar-refractivity contribution in [2.45, 2.75) is 13.5 Å². The van der Waals surface area contributed by atoms with Gasteiger partial charge in [-0.25, -0.2) is 0 Å². The maximum Gasteiger partial charge on any atom is 0.387 e. The molecule has 1 rings (SSSR count). The average Bonchev–Trinajstić information content (AvgIpc) is 2.11. The van der Waals surface area contributed by atoms with E-state index in [0.717, 1.165) is 0 Å². The van der Waals surface area contributed by atoms with E-state index in [-0.39, 0.29) is 22.1 Å². The summed E-state index contributed by atoms with van der Waals surface area (Å²) in [5.41, 5.74) is 0.252. The quantitative estimate of drug-likeness (QED) is 0.791. The van der Waals surface area contributed by atoms with Gasteiger partial charge >= 0.3 is 6.61 Å². The lowest BCUT2D eigenvalue weighted by molar-refractivity contribution is -0.0498. The Kier molecular flexibility index (Phi) is 4.04. The van der Waals surface area contributed by atoms with E-state index in [2.05, 4.69) is 20.7 Å². The molecule has 0 aliphatic rings. The third-order valence-corrected chi connectivity index (χ3v) is 2.86. The number of carbonyl (C=O) groups is 1. The van der Waals surface area contributed by atoms with Gasteiger partial charge in [0.2, 0.25) is 0 Å². The highest BCUT2D eigenvalue weighted by molar-refractivity contribution is 9.10. The molecule has 0 heterocycles. The number of hydrogen-bond acceptors (Lipinski definition) is 2. The van der Waals surface area contributed by atoms with Crippen LogP contribution < -0.4 is 4.74 Å². The highest BCUT2D eigenvalue weighted by atomic mass is 79.9. The van der Waals surface area contributed by atoms with Crippen LogP contribution in [-0.2, 0) is 0 Å². The largest absolute Gasteiger partial charge is 0.433 e. The minimum Gasteiger partial charge on any atom is -0.433 e. The molecular weight excluding hydrogens is 293 g/mol. The molecule has 6 heteroatoms. The molecule has 82 valence electrons. The van der Waals surface area contributed by atoms with Crippen LogP contribution in [0, 0.1) is 0 Å². The Hall–Kier alpha value is -0.680. The summed E-state index contributed by atoms with van der Waals surface area (Å²) in [6, 6.07) is 2.63. The molecule has 1 aromatic carbocycles. The number of halogens is 4. The second kappa shape index (κ2) is 4.90. The van der Waals surface area contributed by atoms with E-state index >= 15 is 0 Å². The van der Waals surface area contributed by atoms with Gasteiger partial charge in [0.05, 0.1) is 5.02 Å². The van der Waals surface area contributed by atoms with Gasteiger partial charge in [0.25, 0.3) is 0 Å². The molecule has 0 fully saturated rings. The molecule has 0 atom stereocenters. The fourth-order valence-electron chi connectivity index (χ4n) is 0.949. The van der Waals surface area contributed by atoms with Crippen molar-refractivity contribution in [3.63, 3.8) is 0 Å². The predicted octanol–water partition coefficient (Wildman–Crippen LogP) is 3.91. The number of benzene rings is 1. The molecule has 0 radical (unpaired) electrons. The van der Waals surface area contributed by atoms with E-state index < -0.39 is 6.61 Å². The van der Waals surface area contributed by atoms with Gasteiger partial charge in [0.15, 0.2) is 5.78 Å². The van der Waals surface area contributed by atoms with Crippen LogP contribution in [0.5, 0.6) is 5.75 Å². The number of Topliss-reactive ketones (excluding diaryl/α,β-unsaturated/α-hetero) is 1. The number of rotatable bonds is 3. The molecule has 15 heavy (non-hydrogen) atoms. The molecule has 0 spiro atoms. The highest BCUT2D eigenvalue weighted by Gasteiger charge is 2.14. The Balaban J connectivity index is 3.19. The lowest BCUT2D eigenvalue weighted by atomic mass is 10.1. The summed E-state index contributed by atoms with van der Waals surface area (Å²) in [4.78, 5) is 11.0. The van der Waals surface area contributed by atoms with Crippen molar-refractivity contribution in [1.82, 2.24) is 0 Å². The summed E-state index contributed by atoms with van der Waals surface area (Å²) in [5, 5.41) is 0.0142. The van der Waals surface area contributed by atoms with Crippen LogP contribution >= 0.6 is 27.5 Å². The fraction of sp³-hybridized carbons (Fsp3) is 0.222. The maximum absolute atomic E-state index is 12.0. The second-order valence-corrected chi connectivity index (χ2v) is 3.94. The topological polar surface area (TPSA) is 26.3 Å². The van der Waals surface area contributed by atoms with Crippen LogP contribution in [-0.4, -0.2) is 12.4 Å². The van der Waals surface area contributed by atoms with Crippen molar-refractivity contribution < 1.29 is 18.3 Å². The highest BCUT2D eigenvalue weighted by Crippen LogP contribution is 2.34. The zero-order chi connectivity index (χ0) is 11.6. The summed E-state index contributed by atoms with van der Waals surface area (Å²) in [6.07, 6.45) is 0. The van der Waals surface area contributed by atoms with Gasteiger partial charge in [-0.2, -0.15) is 8.78 Å². The maximum atomic E-state index is 12.0. The van der Waals surface area contributed by atoms with Gasteiger partial charge in [0.1, 0.15) is 5.75 Å². The second-order valence-electron chi connectivity index (χ2n) is 2.70. The van der Waals surface area contributed by atoms with Crippen LogP contribution in [0.4, 0.5) is 8.78 Å². The Morgan fingerprint density at radius 1 is 1.53 bits per heavy atom. The van der Waals surface area contributed by atoms with Gasteiger partial charge in [-0.3, -0.25) is 4.79 Å². The normalized spacial score (nSPS) is 10.5. The third-order valence-electron chi connectivity index (χ3n) is 1.62. The van der Waals surface area contributed by atoms with E-state index in [1.807, 2.05) is 0 Å². The Morgan fingerprint density at radius 2 is 2.13 bits per heavy atom. The van der Waals surface area contributed by atoms with Crippen molar-refractivity contribution in [1.29, 1.82) is 0 Å². The van der Waals surface area contributed by atoms with Gasteiger partial charge < -0.3 is 4.74 Å². The van der Waals surface area contributed by atoms with Crippen molar-refractivity contribution in [2.75, 3.05) is 0 Å². The Morgan fingerprint density at radius 3 is 2.60 bits per heavy atom. The number of ketones is 1. The third kappa shape index (κ3) is 3.14. The molecule has 0 aromatic heterocycles. The first-order chi connectivity index (χ1) is 6.91. The smallest absolute Gasteiger partial charge is 0.387 e. The van der Waals surface area contributed by atoms with E-state index in [4.69, 9.17) is 11.6 Å². The standard InChI is InChI=1S/C9H6BrClF2O2/c1-4(14)5-2-6(10)8(11)7(3-5)15-9(12)13/h2-3,9H,1H3. The fourth-order valence-corrected chi connectivity index (χ4v) is 1.54. The lowest BCUT2D eigenvalue weighted by Gasteiger charge is -2.09. The molecule has 0 saturated carbocycles. The average molecular weight is 299 g/mol. The molecule has 0 aliphatic heterocycles. The number of alkyl halides is 2. The zero-order valence-electron chi connectivity index (χ0n) is 7.56. The van der Waals surface area contributed by atoms with E-state index in [1.54, 1.807) is 0 Å². The van der Waals surface area contributed by atoms with Gasteiger partial charge in [-0.05, 0) is 35.0 Å². The zero-order valence-corrected chi connectivity index (χ0v) is 9.90. The molecule has 0 unspecified atom stereocenters. The molecule has 0 aliphatic carbocycles. The van der Waals surface area contributed by atoms with E-state index in [1.165, 1.54) is 19.1 Å². The van der Waals surface area contributed by atoms with Gasteiger partial charge in [-0.1, -0.05) is 11.6 Å². The van der Waals surface area contributed by atoms with Crippen LogP contribution in [0.3, 0.4) is 0 Å². The number of carbonyl (C=O) groups excluding carboxylic acids is 1. The first kappa shape index (κ1) is 12.4. The van der Waals surface area contributed by atoms with E-state index in [9.17, 15) is 13.6 Å². The van der Waals surface area contributed by atoms with Crippen molar-refractivity contribution in [2.24, 2.45) is 0 Å². The van der Waals surface area contributed by atoms with Crippen LogP contribution in [0.2, 0.25) is 5.02 Å². The lowest BCUT2D eigenvalue weighted by Crippen LogP contribution is -2.04. The number of hydrogen-bond donors (Lipinski definition) is 0. The van der Waals surface area contributed by atoms with E-state index in [0.29, 0.717) is 4.47 Å². The monoisotopic (exact) mass is 298 g/mol. The Labute approximate surface area is 98.3 Å². The molecule has 0 bridgehead atoms. The minimum absolute atomic E-state index is 0.0142. The molecule has 0 N–H and O–H groups in total. The SMILES string of the molecule is CC(=O)c1cc(Br)c(Cl)c(OC(F)F)c1. The minimum atomic E-state index is -2.98. The summed E-state index contributed by atoms with van der Waals surface area (Å²) in [7, 11) is 0. The first-order valence-electron chi connectivity index (χ1n) is 3.86. The number of ether oxygens (including phenoxy) is 1. The molecule has 1 aromatic rings. The summed E-state index contributed by atoms with van der Waals surface area (Å²) >= 11 is 8.74. The molecular formula is C9H6BrClF2O2. The van der Waals surface area contributed by atoms with Gasteiger partial charge in [-0.15, -0.1) is 0 Å². The predicted molar refractivity (Wildman–Crippen MR) is 55.8 cm³/mol. The Bertz CT molecular complexity index is 396. The van der Waals surface area contributed by atoms with Gasteiger partial charge in [0, 0.05) is 10.0 Å². The van der Waals surface area contributed by atoms with Crippen molar-refractivity contribution >= 4 is 33.3 Å². The van der Waals surface area contributed by atoms with Crippen LogP contribution in [0.1, 0.15) is 17.3 Å². The summed E-state index contributed by atoms with van der Waals surface area (Å²) in [5.74, 6) is -0.474. The van der Waals surface area contributed by atoms with Crippen LogP contribution in [0.15, 0.2) is 16.6 Å². The summed E-state index contributed by atoms with van der Waals surface area (Å²) < 4.78 is 28.5. The summed E-state index contributed by atoms with van der Waals surface area (Å²) in [6.45, 7) is -1.65. The van der Waals surface area contributed by atoms with Crippen LogP contribution in [0.25, 0.3) is 0 Å². The molecule has 0 amide bonds.